The first-order chi connectivity index (χ1) is 7.74. The average molecular weight is 238 g/mol. The van der Waals surface area contributed by atoms with Crippen LogP contribution in [0.3, 0.4) is 0 Å². The maximum atomic E-state index is 11.1. The summed E-state index contributed by atoms with van der Waals surface area (Å²) in [7, 11) is 0. The fourth-order valence-electron chi connectivity index (χ4n) is 2.01. The Labute approximate surface area is 101 Å². The number of carbonyl (C=O) groups is 1. The molecule has 16 heavy (non-hydrogen) atoms. The van der Waals surface area contributed by atoms with Crippen LogP contribution in [0.1, 0.15) is 18.4 Å². The third-order valence-corrected chi connectivity index (χ3v) is 3.25. The van der Waals surface area contributed by atoms with Crippen LogP contribution in [0.15, 0.2) is 24.3 Å². The predicted molar refractivity (Wildman–Crippen MR) is 65.8 cm³/mol. The molecule has 1 aromatic carbocycles. The van der Waals surface area contributed by atoms with Gasteiger partial charge < -0.3 is 4.90 Å². The van der Waals surface area contributed by atoms with Gasteiger partial charge in [0.1, 0.15) is 5.78 Å². The third kappa shape index (κ3) is 3.32. The number of rotatable bonds is 3. The summed E-state index contributed by atoms with van der Waals surface area (Å²) in [6.07, 6.45) is 2.44. The molecule has 0 N–H and O–H groups in total. The molecule has 1 saturated heterocycles. The lowest BCUT2D eigenvalue weighted by molar-refractivity contribution is -0.121. The lowest BCUT2D eigenvalue weighted by Gasteiger charge is -2.25. The number of benzene rings is 1. The van der Waals surface area contributed by atoms with Crippen molar-refractivity contribution in [3.05, 3.63) is 34.9 Å². The van der Waals surface area contributed by atoms with Crippen LogP contribution in [0.2, 0.25) is 5.02 Å². The third-order valence-electron chi connectivity index (χ3n) is 3.02. The van der Waals surface area contributed by atoms with Crippen molar-refractivity contribution in [2.75, 3.05) is 19.6 Å². The van der Waals surface area contributed by atoms with Crippen LogP contribution in [0, 0.1) is 0 Å². The first-order valence-corrected chi connectivity index (χ1v) is 6.10. The molecule has 0 aliphatic carbocycles. The number of nitrogens with zero attached hydrogens (tertiary/aromatic N) is 1. The summed E-state index contributed by atoms with van der Waals surface area (Å²) in [6.45, 7) is 2.85. The lowest BCUT2D eigenvalue weighted by atomic mass is 10.1. The fraction of sp³-hybridized carbons (Fsp3) is 0.462. The van der Waals surface area contributed by atoms with Gasteiger partial charge in [0.15, 0.2) is 0 Å². The first kappa shape index (κ1) is 11.6. The van der Waals surface area contributed by atoms with Gasteiger partial charge in [0.25, 0.3) is 0 Å². The van der Waals surface area contributed by atoms with Gasteiger partial charge in [-0.15, -0.1) is 0 Å². The number of Topliss-reactive ketones (excluding diaryl/α,β-unsaturated/α-hetero) is 1. The molecular formula is C13H16ClNO. The molecule has 1 aliphatic rings. The highest BCUT2D eigenvalue weighted by Gasteiger charge is 2.15. The molecule has 0 saturated carbocycles. The molecule has 3 heteroatoms. The molecule has 1 heterocycles. The van der Waals surface area contributed by atoms with E-state index in [1.807, 2.05) is 18.2 Å². The summed E-state index contributed by atoms with van der Waals surface area (Å²) in [5.41, 5.74) is 1.27. The molecule has 0 unspecified atom stereocenters. The fourth-order valence-corrected chi connectivity index (χ4v) is 2.22. The molecule has 1 aliphatic heterocycles. The Morgan fingerprint density at radius 2 is 2.00 bits per heavy atom. The zero-order valence-electron chi connectivity index (χ0n) is 9.29. The molecule has 2 rings (SSSR count). The van der Waals surface area contributed by atoms with E-state index in [0.29, 0.717) is 5.78 Å². The Morgan fingerprint density at radius 1 is 1.25 bits per heavy atom. The van der Waals surface area contributed by atoms with Gasteiger partial charge in [0, 0.05) is 37.5 Å². The van der Waals surface area contributed by atoms with E-state index in [2.05, 4.69) is 11.0 Å². The smallest absolute Gasteiger partial charge is 0.135 e. The number of carbonyl (C=O) groups excluding carboxylic acids is 1. The normalized spacial score (nSPS) is 17.7. The van der Waals surface area contributed by atoms with Crippen LogP contribution >= 0.6 is 11.6 Å². The van der Waals surface area contributed by atoms with Crippen molar-refractivity contribution in [3.8, 4) is 0 Å². The summed E-state index contributed by atoms with van der Waals surface area (Å²) in [4.78, 5) is 13.4. The Hall–Kier alpha value is -0.860. The van der Waals surface area contributed by atoms with Crippen molar-refractivity contribution in [2.24, 2.45) is 0 Å². The summed E-state index contributed by atoms with van der Waals surface area (Å²) in [5, 5.41) is 0.798. The van der Waals surface area contributed by atoms with Crippen molar-refractivity contribution in [3.63, 3.8) is 0 Å². The largest absolute Gasteiger partial charge is 0.302 e. The monoisotopic (exact) mass is 237 g/mol. The minimum absolute atomic E-state index is 0.402. The highest BCUT2D eigenvalue weighted by molar-refractivity contribution is 6.30. The van der Waals surface area contributed by atoms with E-state index in [9.17, 15) is 4.79 Å². The summed E-state index contributed by atoms with van der Waals surface area (Å²) in [5.74, 6) is 0.402. The van der Waals surface area contributed by atoms with Crippen LogP contribution in [-0.4, -0.2) is 30.3 Å². The molecular weight excluding hydrogens is 222 g/mol. The molecule has 2 nitrogen and oxygen atoms in total. The van der Waals surface area contributed by atoms with Crippen molar-refractivity contribution >= 4 is 17.4 Å². The second-order valence-corrected chi connectivity index (χ2v) is 4.70. The molecule has 0 atom stereocenters. The Bertz CT molecular complexity index is 368. The number of piperidine rings is 1. The molecule has 1 aromatic rings. The molecule has 0 amide bonds. The second kappa shape index (κ2) is 5.46. The standard InChI is InChI=1S/C13H16ClNO/c14-12-3-1-2-11(10-12)4-7-15-8-5-13(16)6-9-15/h1-3,10H,4-9H2. The lowest BCUT2D eigenvalue weighted by Crippen LogP contribution is -2.35. The van der Waals surface area contributed by atoms with Gasteiger partial charge in [-0.25, -0.2) is 0 Å². The molecule has 1 fully saturated rings. The minimum Gasteiger partial charge on any atom is -0.302 e. The van der Waals surface area contributed by atoms with E-state index in [4.69, 9.17) is 11.6 Å². The number of halogens is 1. The van der Waals surface area contributed by atoms with Crippen molar-refractivity contribution in [1.82, 2.24) is 4.90 Å². The van der Waals surface area contributed by atoms with Crippen molar-refractivity contribution < 1.29 is 4.79 Å². The number of hydrogen-bond donors (Lipinski definition) is 0. The highest BCUT2D eigenvalue weighted by Crippen LogP contribution is 2.12. The molecule has 0 aromatic heterocycles. The van der Waals surface area contributed by atoms with Crippen LogP contribution in [-0.2, 0) is 11.2 Å². The topological polar surface area (TPSA) is 20.3 Å². The van der Waals surface area contributed by atoms with Crippen LogP contribution in [0.4, 0.5) is 0 Å². The SMILES string of the molecule is O=C1CCN(CCc2cccc(Cl)c2)CC1. The summed E-state index contributed by atoms with van der Waals surface area (Å²) in [6, 6.07) is 7.99. The summed E-state index contributed by atoms with van der Waals surface area (Å²) < 4.78 is 0. The van der Waals surface area contributed by atoms with Gasteiger partial charge >= 0.3 is 0 Å². The van der Waals surface area contributed by atoms with E-state index < -0.39 is 0 Å². The highest BCUT2D eigenvalue weighted by atomic mass is 35.5. The number of likely N-dealkylation sites (tertiary alicyclic amines) is 1. The maximum Gasteiger partial charge on any atom is 0.135 e. The Balaban J connectivity index is 1.81. The van der Waals surface area contributed by atoms with Crippen LogP contribution in [0.5, 0.6) is 0 Å². The van der Waals surface area contributed by atoms with Gasteiger partial charge in [-0.1, -0.05) is 23.7 Å². The summed E-state index contributed by atoms with van der Waals surface area (Å²) >= 11 is 5.93. The van der Waals surface area contributed by atoms with Gasteiger partial charge in [-0.2, -0.15) is 0 Å². The quantitative estimate of drug-likeness (QED) is 0.805. The van der Waals surface area contributed by atoms with Gasteiger partial charge in [0.05, 0.1) is 0 Å². The molecule has 0 bridgehead atoms. The van der Waals surface area contributed by atoms with Gasteiger partial charge in [-0.3, -0.25) is 4.79 Å². The van der Waals surface area contributed by atoms with Crippen LogP contribution < -0.4 is 0 Å². The van der Waals surface area contributed by atoms with Crippen LogP contribution in [0.25, 0.3) is 0 Å². The van der Waals surface area contributed by atoms with Crippen molar-refractivity contribution in [1.29, 1.82) is 0 Å². The Kier molecular flexibility index (Phi) is 3.97. The maximum absolute atomic E-state index is 11.1. The van der Waals surface area contributed by atoms with E-state index in [0.717, 1.165) is 43.9 Å². The predicted octanol–water partition coefficient (Wildman–Crippen LogP) is 2.55. The first-order valence-electron chi connectivity index (χ1n) is 5.72. The van der Waals surface area contributed by atoms with Gasteiger partial charge in [0.2, 0.25) is 0 Å². The zero-order chi connectivity index (χ0) is 11.4. The molecule has 86 valence electrons. The van der Waals surface area contributed by atoms with E-state index in [1.165, 1.54) is 5.56 Å². The van der Waals surface area contributed by atoms with E-state index in [-0.39, 0.29) is 0 Å². The van der Waals surface area contributed by atoms with E-state index >= 15 is 0 Å². The zero-order valence-corrected chi connectivity index (χ0v) is 10.0. The number of hydrogen-bond acceptors (Lipinski definition) is 2. The molecule has 0 radical (unpaired) electrons. The van der Waals surface area contributed by atoms with E-state index in [1.54, 1.807) is 0 Å². The molecule has 0 spiro atoms. The second-order valence-electron chi connectivity index (χ2n) is 4.26. The average Bonchev–Trinajstić information content (AvgIpc) is 2.28. The Morgan fingerprint density at radius 3 is 2.69 bits per heavy atom. The van der Waals surface area contributed by atoms with Crippen molar-refractivity contribution in [2.45, 2.75) is 19.3 Å². The minimum atomic E-state index is 0.402. The number of ketones is 1. The van der Waals surface area contributed by atoms with Gasteiger partial charge in [-0.05, 0) is 24.1 Å².